The Hall–Kier alpha value is -1.68. The Balaban J connectivity index is 2.13. The van der Waals surface area contributed by atoms with Crippen LogP contribution in [0.3, 0.4) is 0 Å². The van der Waals surface area contributed by atoms with Crippen molar-refractivity contribution < 1.29 is 4.79 Å². The van der Waals surface area contributed by atoms with E-state index in [1.807, 2.05) is 24.3 Å². The van der Waals surface area contributed by atoms with Gasteiger partial charge in [-0.2, -0.15) is 5.10 Å². The van der Waals surface area contributed by atoms with E-state index in [2.05, 4.69) is 21.0 Å². The third kappa shape index (κ3) is 3.14. The molecule has 3 nitrogen and oxygen atoms in total. The minimum atomic E-state index is -0.0434. The molecular formula is C13H11BrN2O. The molecule has 0 saturated carbocycles. The number of aromatic nitrogens is 2. The maximum Gasteiger partial charge on any atom is 0.189 e. The Morgan fingerprint density at radius 3 is 2.94 bits per heavy atom. The number of rotatable bonds is 3. The second kappa shape index (κ2) is 5.10. The van der Waals surface area contributed by atoms with Gasteiger partial charge < -0.3 is 0 Å². The summed E-state index contributed by atoms with van der Waals surface area (Å²) in [6, 6.07) is 7.77. The van der Waals surface area contributed by atoms with Crippen molar-refractivity contribution in [2.24, 2.45) is 7.05 Å². The quantitative estimate of drug-likeness (QED) is 0.643. The van der Waals surface area contributed by atoms with Gasteiger partial charge >= 0.3 is 0 Å². The third-order valence-electron chi connectivity index (χ3n) is 2.27. The molecule has 2 aromatic rings. The molecule has 0 fully saturated rings. The molecule has 1 aromatic carbocycles. The lowest BCUT2D eigenvalue weighted by atomic mass is 10.1. The van der Waals surface area contributed by atoms with Crippen LogP contribution in [0.25, 0.3) is 6.08 Å². The molecule has 17 heavy (non-hydrogen) atoms. The number of carbonyl (C=O) groups excluding carboxylic acids is 1. The number of halogens is 1. The molecule has 0 N–H and O–H groups in total. The second-order valence-corrected chi connectivity index (χ2v) is 4.57. The first-order valence-electron chi connectivity index (χ1n) is 5.12. The first-order chi connectivity index (χ1) is 8.15. The lowest BCUT2D eigenvalue weighted by molar-refractivity contribution is 0.104. The van der Waals surface area contributed by atoms with Crippen molar-refractivity contribution in [1.82, 2.24) is 9.78 Å². The van der Waals surface area contributed by atoms with Crippen LogP contribution in [-0.4, -0.2) is 15.6 Å². The van der Waals surface area contributed by atoms with Crippen LogP contribution in [0.2, 0.25) is 0 Å². The summed E-state index contributed by atoms with van der Waals surface area (Å²) in [5, 5.41) is 3.96. The van der Waals surface area contributed by atoms with Gasteiger partial charge in [-0.15, -0.1) is 0 Å². The molecule has 0 radical (unpaired) electrons. The number of ketones is 1. The molecular weight excluding hydrogens is 280 g/mol. The van der Waals surface area contributed by atoms with E-state index in [4.69, 9.17) is 0 Å². The predicted molar refractivity (Wildman–Crippen MR) is 70.7 cm³/mol. The van der Waals surface area contributed by atoms with Gasteiger partial charge in [0.15, 0.2) is 5.78 Å². The molecule has 2 rings (SSSR count). The lowest BCUT2D eigenvalue weighted by Crippen LogP contribution is -1.91. The Kier molecular flexibility index (Phi) is 3.54. The van der Waals surface area contributed by atoms with E-state index in [1.54, 1.807) is 36.3 Å². The first kappa shape index (κ1) is 11.8. The van der Waals surface area contributed by atoms with E-state index in [1.165, 1.54) is 0 Å². The number of allylic oxidation sites excluding steroid dienone is 1. The highest BCUT2D eigenvalue weighted by molar-refractivity contribution is 9.10. The summed E-state index contributed by atoms with van der Waals surface area (Å²) in [5.41, 5.74) is 1.58. The minimum absolute atomic E-state index is 0.0434. The van der Waals surface area contributed by atoms with E-state index in [9.17, 15) is 4.79 Å². The van der Waals surface area contributed by atoms with Gasteiger partial charge in [-0.1, -0.05) is 34.1 Å². The van der Waals surface area contributed by atoms with Crippen molar-refractivity contribution in [3.05, 3.63) is 58.3 Å². The molecule has 4 heteroatoms. The SMILES string of the molecule is Cn1cc(C(=O)/C=C/c2cccc(Br)c2)cn1. The van der Waals surface area contributed by atoms with E-state index in [-0.39, 0.29) is 5.78 Å². The predicted octanol–water partition coefficient (Wildman–Crippen LogP) is 3.08. The van der Waals surface area contributed by atoms with Crippen molar-refractivity contribution >= 4 is 27.8 Å². The van der Waals surface area contributed by atoms with Crippen LogP contribution in [0, 0.1) is 0 Å². The van der Waals surface area contributed by atoms with Crippen molar-refractivity contribution in [2.75, 3.05) is 0 Å². The number of carbonyl (C=O) groups is 1. The van der Waals surface area contributed by atoms with E-state index >= 15 is 0 Å². The van der Waals surface area contributed by atoms with Gasteiger partial charge in [-0.05, 0) is 23.8 Å². The summed E-state index contributed by atoms with van der Waals surface area (Å²) in [7, 11) is 1.79. The fourth-order valence-corrected chi connectivity index (χ4v) is 1.84. The van der Waals surface area contributed by atoms with Gasteiger partial charge in [-0.3, -0.25) is 9.48 Å². The average molecular weight is 291 g/mol. The van der Waals surface area contributed by atoms with E-state index in [0.717, 1.165) is 10.0 Å². The number of benzene rings is 1. The van der Waals surface area contributed by atoms with Gasteiger partial charge in [0.2, 0.25) is 0 Å². The highest BCUT2D eigenvalue weighted by atomic mass is 79.9. The van der Waals surface area contributed by atoms with Gasteiger partial charge in [0.05, 0.1) is 11.8 Å². The van der Waals surface area contributed by atoms with Crippen molar-refractivity contribution in [1.29, 1.82) is 0 Å². The molecule has 86 valence electrons. The monoisotopic (exact) mass is 290 g/mol. The van der Waals surface area contributed by atoms with Crippen LogP contribution in [-0.2, 0) is 7.05 Å². The van der Waals surface area contributed by atoms with Crippen LogP contribution in [0.5, 0.6) is 0 Å². The van der Waals surface area contributed by atoms with Crippen LogP contribution in [0.15, 0.2) is 47.2 Å². The fourth-order valence-electron chi connectivity index (χ4n) is 1.43. The van der Waals surface area contributed by atoms with Gasteiger partial charge in [0, 0.05) is 17.7 Å². The van der Waals surface area contributed by atoms with E-state index < -0.39 is 0 Å². The molecule has 1 heterocycles. The zero-order chi connectivity index (χ0) is 12.3. The Morgan fingerprint density at radius 1 is 1.47 bits per heavy atom. The molecule has 0 aliphatic heterocycles. The van der Waals surface area contributed by atoms with Crippen LogP contribution in [0.4, 0.5) is 0 Å². The largest absolute Gasteiger partial charge is 0.289 e. The molecule has 0 spiro atoms. The Bertz CT molecular complexity index is 572. The van der Waals surface area contributed by atoms with E-state index in [0.29, 0.717) is 5.56 Å². The summed E-state index contributed by atoms with van der Waals surface area (Å²) in [6.45, 7) is 0. The van der Waals surface area contributed by atoms with Crippen LogP contribution >= 0.6 is 15.9 Å². The molecule has 0 aliphatic carbocycles. The molecule has 0 saturated heterocycles. The topological polar surface area (TPSA) is 34.9 Å². The maximum atomic E-state index is 11.8. The molecule has 0 amide bonds. The maximum absolute atomic E-state index is 11.8. The van der Waals surface area contributed by atoms with Crippen LogP contribution in [0.1, 0.15) is 15.9 Å². The summed E-state index contributed by atoms with van der Waals surface area (Å²) >= 11 is 3.39. The first-order valence-corrected chi connectivity index (χ1v) is 5.91. The zero-order valence-corrected chi connectivity index (χ0v) is 10.9. The molecule has 0 unspecified atom stereocenters. The highest BCUT2D eigenvalue weighted by Gasteiger charge is 2.03. The van der Waals surface area contributed by atoms with Crippen molar-refractivity contribution in [3.63, 3.8) is 0 Å². The van der Waals surface area contributed by atoms with Crippen molar-refractivity contribution in [3.8, 4) is 0 Å². The summed E-state index contributed by atoms with van der Waals surface area (Å²) in [5.74, 6) is -0.0434. The van der Waals surface area contributed by atoms with Gasteiger partial charge in [-0.25, -0.2) is 0 Å². The number of aryl methyl sites for hydroxylation is 1. The summed E-state index contributed by atoms with van der Waals surface area (Å²) in [6.07, 6.45) is 6.61. The Labute approximate surface area is 108 Å². The average Bonchev–Trinajstić information content (AvgIpc) is 2.73. The molecule has 1 aromatic heterocycles. The zero-order valence-electron chi connectivity index (χ0n) is 9.30. The lowest BCUT2D eigenvalue weighted by Gasteiger charge is -1.93. The van der Waals surface area contributed by atoms with Crippen molar-refractivity contribution in [2.45, 2.75) is 0 Å². The minimum Gasteiger partial charge on any atom is -0.289 e. The molecule has 0 aliphatic rings. The standard InChI is InChI=1S/C13H11BrN2O/c1-16-9-11(8-15-16)13(17)6-5-10-3-2-4-12(14)7-10/h2-9H,1H3/b6-5+. The third-order valence-corrected chi connectivity index (χ3v) is 2.76. The number of nitrogens with zero attached hydrogens (tertiary/aromatic N) is 2. The smallest absolute Gasteiger partial charge is 0.189 e. The summed E-state index contributed by atoms with van der Waals surface area (Å²) in [4.78, 5) is 11.8. The highest BCUT2D eigenvalue weighted by Crippen LogP contribution is 2.13. The molecule has 0 atom stereocenters. The second-order valence-electron chi connectivity index (χ2n) is 3.66. The normalized spacial score (nSPS) is 10.9. The molecule has 0 bridgehead atoms. The van der Waals surface area contributed by atoms with Crippen LogP contribution < -0.4 is 0 Å². The summed E-state index contributed by atoms with van der Waals surface area (Å²) < 4.78 is 2.61. The van der Waals surface area contributed by atoms with Gasteiger partial charge in [0.1, 0.15) is 0 Å². The fraction of sp³-hybridized carbons (Fsp3) is 0.0769. The number of hydrogen-bond acceptors (Lipinski definition) is 2. The number of hydrogen-bond donors (Lipinski definition) is 0. The Morgan fingerprint density at radius 2 is 2.29 bits per heavy atom. The van der Waals surface area contributed by atoms with Gasteiger partial charge in [0.25, 0.3) is 0 Å².